The number of anilines is 1. The van der Waals surface area contributed by atoms with Gasteiger partial charge in [-0.25, -0.2) is 4.98 Å². The molecule has 0 spiro atoms. The zero-order valence-corrected chi connectivity index (χ0v) is 16.9. The van der Waals surface area contributed by atoms with Crippen molar-refractivity contribution >= 4 is 17.8 Å². The largest absolute Gasteiger partial charge is 0.494 e. The van der Waals surface area contributed by atoms with Crippen molar-refractivity contribution in [1.29, 1.82) is 0 Å². The van der Waals surface area contributed by atoms with Crippen LogP contribution in [0.2, 0.25) is 0 Å². The minimum Gasteiger partial charge on any atom is -0.494 e. The highest BCUT2D eigenvalue weighted by atomic mass is 16.5. The van der Waals surface area contributed by atoms with Crippen molar-refractivity contribution in [3.63, 3.8) is 0 Å². The summed E-state index contributed by atoms with van der Waals surface area (Å²) < 4.78 is 5.51. The SMILES string of the molecule is CCOc1cccc(/C=C/C(=O)N2CC(N3CCN(c4ccccn4)CC3)C2)c1. The molecular formula is C23H28N4O2. The van der Waals surface area contributed by atoms with Gasteiger partial charge in [0.15, 0.2) is 0 Å². The maximum absolute atomic E-state index is 12.4. The van der Waals surface area contributed by atoms with E-state index in [-0.39, 0.29) is 5.91 Å². The first-order valence-electron chi connectivity index (χ1n) is 10.3. The fourth-order valence-corrected chi connectivity index (χ4v) is 3.87. The number of benzene rings is 1. The summed E-state index contributed by atoms with van der Waals surface area (Å²) in [5.41, 5.74) is 0.979. The van der Waals surface area contributed by atoms with E-state index in [4.69, 9.17) is 4.74 Å². The Hall–Kier alpha value is -2.86. The number of ether oxygens (including phenoxy) is 1. The average Bonchev–Trinajstić information content (AvgIpc) is 2.73. The van der Waals surface area contributed by atoms with Gasteiger partial charge in [-0.15, -0.1) is 0 Å². The van der Waals surface area contributed by atoms with Gasteiger partial charge in [-0.3, -0.25) is 9.69 Å². The predicted octanol–water partition coefficient (Wildman–Crippen LogP) is 2.53. The number of hydrogen-bond acceptors (Lipinski definition) is 5. The first kappa shape index (κ1) is 19.5. The molecule has 1 aromatic carbocycles. The van der Waals surface area contributed by atoms with Crippen LogP contribution in [-0.4, -0.2) is 72.6 Å². The molecular weight excluding hydrogens is 364 g/mol. The molecule has 29 heavy (non-hydrogen) atoms. The third-order valence-corrected chi connectivity index (χ3v) is 5.57. The van der Waals surface area contributed by atoms with Gasteiger partial charge in [0.05, 0.1) is 6.61 Å². The van der Waals surface area contributed by atoms with Crippen LogP contribution in [0.4, 0.5) is 5.82 Å². The Kier molecular flexibility index (Phi) is 6.10. The van der Waals surface area contributed by atoms with Gasteiger partial charge in [0, 0.05) is 57.6 Å². The molecule has 6 nitrogen and oxygen atoms in total. The molecule has 0 saturated carbocycles. The highest BCUT2D eigenvalue weighted by Gasteiger charge is 2.35. The van der Waals surface area contributed by atoms with E-state index in [1.165, 1.54) is 0 Å². The van der Waals surface area contributed by atoms with E-state index in [1.54, 1.807) is 6.08 Å². The Labute approximate surface area is 172 Å². The molecule has 2 saturated heterocycles. The van der Waals surface area contributed by atoms with Crippen LogP contribution in [0.5, 0.6) is 5.75 Å². The zero-order chi connectivity index (χ0) is 20.1. The number of nitrogens with zero attached hydrogens (tertiary/aromatic N) is 4. The van der Waals surface area contributed by atoms with E-state index in [0.29, 0.717) is 12.6 Å². The Bertz CT molecular complexity index is 841. The van der Waals surface area contributed by atoms with Crippen molar-refractivity contribution in [1.82, 2.24) is 14.8 Å². The van der Waals surface area contributed by atoms with Crippen LogP contribution in [0.1, 0.15) is 12.5 Å². The third kappa shape index (κ3) is 4.77. The number of carbonyl (C=O) groups is 1. The summed E-state index contributed by atoms with van der Waals surface area (Å²) >= 11 is 0. The molecule has 2 aliphatic heterocycles. The lowest BCUT2D eigenvalue weighted by atomic mass is 10.1. The quantitative estimate of drug-likeness (QED) is 0.707. The molecule has 0 bridgehead atoms. The lowest BCUT2D eigenvalue weighted by Gasteiger charge is -2.48. The molecule has 0 N–H and O–H groups in total. The van der Waals surface area contributed by atoms with Gasteiger partial charge >= 0.3 is 0 Å². The van der Waals surface area contributed by atoms with Crippen LogP contribution in [0.25, 0.3) is 6.08 Å². The second-order valence-corrected chi connectivity index (χ2v) is 7.45. The van der Waals surface area contributed by atoms with E-state index in [0.717, 1.165) is 56.4 Å². The summed E-state index contributed by atoms with van der Waals surface area (Å²) in [5, 5.41) is 0. The van der Waals surface area contributed by atoms with Crippen LogP contribution in [0, 0.1) is 0 Å². The summed E-state index contributed by atoms with van der Waals surface area (Å²) in [6.07, 6.45) is 5.38. The normalized spacial score (nSPS) is 18.1. The molecule has 4 rings (SSSR count). The summed E-state index contributed by atoms with van der Waals surface area (Å²) in [4.78, 5) is 23.6. The number of piperazine rings is 1. The van der Waals surface area contributed by atoms with Gasteiger partial charge < -0.3 is 14.5 Å². The molecule has 0 radical (unpaired) electrons. The van der Waals surface area contributed by atoms with E-state index in [9.17, 15) is 4.79 Å². The maximum atomic E-state index is 12.4. The van der Waals surface area contributed by atoms with Gasteiger partial charge in [0.2, 0.25) is 5.91 Å². The van der Waals surface area contributed by atoms with Crippen molar-refractivity contribution in [2.75, 3.05) is 50.8 Å². The summed E-state index contributed by atoms with van der Waals surface area (Å²) in [6, 6.07) is 14.3. The smallest absolute Gasteiger partial charge is 0.246 e. The third-order valence-electron chi connectivity index (χ3n) is 5.57. The van der Waals surface area contributed by atoms with E-state index in [2.05, 4.69) is 20.9 Å². The van der Waals surface area contributed by atoms with Gasteiger partial charge in [0.25, 0.3) is 0 Å². The second-order valence-electron chi connectivity index (χ2n) is 7.45. The number of carbonyl (C=O) groups excluding carboxylic acids is 1. The fourth-order valence-electron chi connectivity index (χ4n) is 3.87. The minimum absolute atomic E-state index is 0.0789. The summed E-state index contributed by atoms with van der Waals surface area (Å²) in [6.45, 7) is 8.22. The standard InChI is InChI=1S/C23H28N4O2/c1-2-29-21-7-5-6-19(16-21)9-10-23(28)27-17-20(18-27)25-12-14-26(15-13-25)22-8-3-4-11-24-22/h3-11,16,20H,2,12-15,17-18H2,1H3/b10-9+. The van der Waals surface area contributed by atoms with Crippen molar-refractivity contribution in [2.24, 2.45) is 0 Å². The first-order chi connectivity index (χ1) is 14.2. The molecule has 0 unspecified atom stereocenters. The van der Waals surface area contributed by atoms with Crippen LogP contribution in [0.15, 0.2) is 54.7 Å². The van der Waals surface area contributed by atoms with Gasteiger partial charge in [-0.05, 0) is 42.8 Å². The molecule has 0 aliphatic carbocycles. The number of pyridine rings is 1. The number of aromatic nitrogens is 1. The molecule has 1 aromatic heterocycles. The van der Waals surface area contributed by atoms with Crippen molar-refractivity contribution in [3.8, 4) is 5.75 Å². The Morgan fingerprint density at radius 2 is 1.97 bits per heavy atom. The van der Waals surface area contributed by atoms with Crippen LogP contribution < -0.4 is 9.64 Å². The molecule has 3 heterocycles. The van der Waals surface area contributed by atoms with Gasteiger partial charge in [0.1, 0.15) is 11.6 Å². The average molecular weight is 393 g/mol. The lowest BCUT2D eigenvalue weighted by Crippen LogP contribution is -2.64. The van der Waals surface area contributed by atoms with Crippen LogP contribution in [-0.2, 0) is 4.79 Å². The summed E-state index contributed by atoms with van der Waals surface area (Å²) in [7, 11) is 0. The van der Waals surface area contributed by atoms with Crippen molar-refractivity contribution in [3.05, 3.63) is 60.3 Å². The van der Waals surface area contributed by atoms with E-state index in [1.807, 2.05) is 60.5 Å². The topological polar surface area (TPSA) is 48.9 Å². The minimum atomic E-state index is 0.0789. The van der Waals surface area contributed by atoms with Crippen molar-refractivity contribution < 1.29 is 9.53 Å². The molecule has 2 aliphatic rings. The Morgan fingerprint density at radius 3 is 2.69 bits per heavy atom. The molecule has 2 aromatic rings. The van der Waals surface area contributed by atoms with Gasteiger partial charge in [-0.2, -0.15) is 0 Å². The first-order valence-corrected chi connectivity index (χ1v) is 10.3. The monoisotopic (exact) mass is 392 g/mol. The highest BCUT2D eigenvalue weighted by Crippen LogP contribution is 2.20. The number of likely N-dealkylation sites (tertiary alicyclic amines) is 1. The Balaban J connectivity index is 1.23. The number of rotatable bonds is 6. The lowest BCUT2D eigenvalue weighted by molar-refractivity contribution is -0.133. The zero-order valence-electron chi connectivity index (χ0n) is 16.9. The number of amides is 1. The maximum Gasteiger partial charge on any atom is 0.246 e. The van der Waals surface area contributed by atoms with Crippen molar-refractivity contribution in [2.45, 2.75) is 13.0 Å². The molecule has 152 valence electrons. The fraction of sp³-hybridized carbons (Fsp3) is 0.391. The predicted molar refractivity (Wildman–Crippen MR) is 115 cm³/mol. The highest BCUT2D eigenvalue weighted by molar-refractivity contribution is 5.92. The van der Waals surface area contributed by atoms with E-state index < -0.39 is 0 Å². The molecule has 0 atom stereocenters. The van der Waals surface area contributed by atoms with Crippen LogP contribution in [0.3, 0.4) is 0 Å². The number of hydrogen-bond donors (Lipinski definition) is 0. The van der Waals surface area contributed by atoms with Crippen LogP contribution >= 0.6 is 0 Å². The molecule has 2 fully saturated rings. The van der Waals surface area contributed by atoms with Gasteiger partial charge in [-0.1, -0.05) is 18.2 Å². The van der Waals surface area contributed by atoms with E-state index >= 15 is 0 Å². The summed E-state index contributed by atoms with van der Waals surface area (Å²) in [5.74, 6) is 1.96. The molecule has 6 heteroatoms. The Morgan fingerprint density at radius 1 is 1.14 bits per heavy atom. The molecule has 1 amide bonds. The second kappa shape index (κ2) is 9.09.